The van der Waals surface area contributed by atoms with E-state index in [2.05, 4.69) is 57.0 Å². The number of carbonyl (C=O) groups is 1. The number of thioether (sulfide) groups is 2. The summed E-state index contributed by atoms with van der Waals surface area (Å²) in [6.07, 6.45) is 3.94. The van der Waals surface area contributed by atoms with Gasteiger partial charge in [0.1, 0.15) is 0 Å². The summed E-state index contributed by atoms with van der Waals surface area (Å²) in [5.41, 5.74) is 2.04. The van der Waals surface area contributed by atoms with Gasteiger partial charge in [0.2, 0.25) is 0 Å². The van der Waals surface area contributed by atoms with Gasteiger partial charge in [0.25, 0.3) is 5.91 Å². The Balaban J connectivity index is 1.58. The molecule has 0 aliphatic carbocycles. The van der Waals surface area contributed by atoms with Crippen LogP contribution in [0.25, 0.3) is 0 Å². The molecule has 1 amide bonds. The van der Waals surface area contributed by atoms with Gasteiger partial charge in [0, 0.05) is 23.0 Å². The molecule has 2 aromatic rings. The predicted octanol–water partition coefficient (Wildman–Crippen LogP) is 6.00. The molecule has 2 aromatic carbocycles. The van der Waals surface area contributed by atoms with Crippen molar-refractivity contribution in [3.05, 3.63) is 75.1 Å². The quantitative estimate of drug-likeness (QED) is 0.514. The van der Waals surface area contributed by atoms with E-state index < -0.39 is 0 Å². The van der Waals surface area contributed by atoms with Crippen molar-refractivity contribution < 1.29 is 4.79 Å². The predicted molar refractivity (Wildman–Crippen MR) is 123 cm³/mol. The summed E-state index contributed by atoms with van der Waals surface area (Å²) in [5, 5.41) is 1.82. The molecule has 1 fully saturated rings. The van der Waals surface area contributed by atoms with E-state index in [0.29, 0.717) is 10.1 Å². The highest BCUT2D eigenvalue weighted by Gasteiger charge is 2.30. The van der Waals surface area contributed by atoms with Gasteiger partial charge in [-0.15, -0.1) is 0 Å². The molecule has 0 atom stereocenters. The maximum Gasteiger partial charge on any atom is 0.266 e. The highest BCUT2D eigenvalue weighted by Crippen LogP contribution is 2.45. The Kier molecular flexibility index (Phi) is 5.66. The highest BCUT2D eigenvalue weighted by atomic mass is 79.9. The molecule has 1 saturated heterocycles. The second-order valence-electron chi connectivity index (χ2n) is 6.19. The van der Waals surface area contributed by atoms with Crippen LogP contribution in [0.4, 0.5) is 11.4 Å². The zero-order valence-corrected chi connectivity index (χ0v) is 18.6. The molecule has 0 bridgehead atoms. The molecule has 0 radical (unpaired) electrons. The van der Waals surface area contributed by atoms with E-state index in [1.807, 2.05) is 36.4 Å². The van der Waals surface area contributed by atoms with Crippen LogP contribution in [0.5, 0.6) is 0 Å². The van der Waals surface area contributed by atoms with Crippen molar-refractivity contribution in [3.8, 4) is 0 Å². The van der Waals surface area contributed by atoms with Gasteiger partial charge >= 0.3 is 0 Å². The molecular weight excluding hydrogens is 454 g/mol. The van der Waals surface area contributed by atoms with Crippen molar-refractivity contribution in [2.45, 2.75) is 11.8 Å². The fraction of sp³-hybridized carbons (Fsp3) is 0.143. The van der Waals surface area contributed by atoms with E-state index in [4.69, 9.17) is 0 Å². The molecule has 0 saturated carbocycles. The summed E-state index contributed by atoms with van der Waals surface area (Å²) in [6.45, 7) is 3.02. The van der Waals surface area contributed by atoms with E-state index in [9.17, 15) is 4.79 Å². The van der Waals surface area contributed by atoms with E-state index in [-0.39, 0.29) is 5.91 Å². The number of likely N-dealkylation sites (N-methyl/N-ethyl adjacent to an activating group) is 1. The van der Waals surface area contributed by atoms with Gasteiger partial charge in [0.05, 0.1) is 21.3 Å². The van der Waals surface area contributed by atoms with E-state index >= 15 is 0 Å². The van der Waals surface area contributed by atoms with Crippen molar-refractivity contribution >= 4 is 61.9 Å². The Morgan fingerprint density at radius 2 is 1.82 bits per heavy atom. The summed E-state index contributed by atoms with van der Waals surface area (Å²) in [4.78, 5) is 23.0. The van der Waals surface area contributed by atoms with Crippen LogP contribution in [0.2, 0.25) is 0 Å². The molecule has 4 nitrogen and oxygen atoms in total. The van der Waals surface area contributed by atoms with Crippen molar-refractivity contribution in [3.63, 3.8) is 0 Å². The van der Waals surface area contributed by atoms with E-state index in [1.54, 1.807) is 23.7 Å². The van der Waals surface area contributed by atoms with Crippen LogP contribution >= 0.6 is 39.5 Å². The van der Waals surface area contributed by atoms with Gasteiger partial charge in [0.15, 0.2) is 5.17 Å². The Hall–Kier alpha value is -1.96. The number of hydrogen-bond acceptors (Lipinski definition) is 5. The molecule has 142 valence electrons. The second-order valence-corrected chi connectivity index (χ2v) is 9.17. The average Bonchev–Trinajstić information content (AvgIpc) is 3.20. The molecular formula is C21H18BrN3OS2. The third-order valence-electron chi connectivity index (χ3n) is 4.39. The Bertz CT molecular complexity index is 1010. The lowest BCUT2D eigenvalue weighted by molar-refractivity contribution is -0.121. The number of benzene rings is 2. The lowest BCUT2D eigenvalue weighted by atomic mass is 10.3. The van der Waals surface area contributed by atoms with Gasteiger partial charge in [-0.3, -0.25) is 9.69 Å². The third-order valence-corrected chi connectivity index (χ3v) is 7.12. The summed E-state index contributed by atoms with van der Waals surface area (Å²) in [6, 6.07) is 16.1. The van der Waals surface area contributed by atoms with Gasteiger partial charge in [-0.2, -0.15) is 0 Å². The Morgan fingerprint density at radius 1 is 1.07 bits per heavy atom. The number of halogens is 1. The van der Waals surface area contributed by atoms with Crippen molar-refractivity contribution in [1.29, 1.82) is 0 Å². The number of anilines is 1. The zero-order valence-electron chi connectivity index (χ0n) is 15.4. The minimum Gasteiger partial charge on any atom is -0.335 e. The first-order valence-electron chi connectivity index (χ1n) is 8.83. The maximum atomic E-state index is 12.6. The van der Waals surface area contributed by atoms with Crippen LogP contribution in [0.1, 0.15) is 6.92 Å². The van der Waals surface area contributed by atoms with Gasteiger partial charge in [-0.1, -0.05) is 39.8 Å². The summed E-state index contributed by atoms with van der Waals surface area (Å²) >= 11 is 6.56. The first-order chi connectivity index (χ1) is 13.6. The molecule has 2 aliphatic heterocycles. The number of nitrogens with zero attached hydrogens (tertiary/aromatic N) is 3. The molecule has 0 N–H and O–H groups in total. The standard InChI is InChI=1S/C21H18BrN3OS2/c1-3-25-16-6-4-5-7-17(16)27-19(25)13-12-18-20(26)24(2)21(28-18)23-15-10-8-14(22)9-11-15/h4-13H,3H2,1-2H3/b18-12-,19-13-,23-21?. The first-order valence-corrected chi connectivity index (χ1v) is 11.3. The fourth-order valence-corrected chi connectivity index (χ4v) is 5.26. The SMILES string of the molecule is CCN1/C(=C/C=C2\SC(=Nc3ccc(Br)cc3)N(C)C2=O)Sc2ccccc21. The van der Waals surface area contributed by atoms with Crippen molar-refractivity contribution in [2.75, 3.05) is 18.5 Å². The monoisotopic (exact) mass is 471 g/mol. The lowest BCUT2D eigenvalue weighted by Gasteiger charge is -2.17. The van der Waals surface area contributed by atoms with Crippen molar-refractivity contribution in [2.24, 2.45) is 4.99 Å². The molecule has 28 heavy (non-hydrogen) atoms. The topological polar surface area (TPSA) is 35.9 Å². The number of carbonyl (C=O) groups excluding carboxylic acids is 1. The fourth-order valence-electron chi connectivity index (χ4n) is 2.94. The van der Waals surface area contributed by atoms with Gasteiger partial charge in [-0.05, 0) is 67.2 Å². The van der Waals surface area contributed by atoms with Gasteiger partial charge < -0.3 is 4.90 Å². The number of para-hydroxylation sites is 1. The first kappa shape index (κ1) is 19.4. The van der Waals surface area contributed by atoms with Crippen LogP contribution < -0.4 is 4.90 Å². The molecule has 2 heterocycles. The van der Waals surface area contributed by atoms with Crippen LogP contribution in [-0.4, -0.2) is 29.6 Å². The van der Waals surface area contributed by atoms with E-state index in [0.717, 1.165) is 21.7 Å². The van der Waals surface area contributed by atoms with E-state index in [1.165, 1.54) is 22.3 Å². The zero-order chi connectivity index (χ0) is 19.7. The molecule has 7 heteroatoms. The average molecular weight is 472 g/mol. The largest absolute Gasteiger partial charge is 0.335 e. The smallest absolute Gasteiger partial charge is 0.266 e. The molecule has 0 spiro atoms. The number of fused-ring (bicyclic) bond motifs is 1. The third kappa shape index (κ3) is 3.79. The number of hydrogen-bond donors (Lipinski definition) is 0. The maximum absolute atomic E-state index is 12.6. The van der Waals surface area contributed by atoms with Crippen molar-refractivity contribution in [1.82, 2.24) is 4.90 Å². The molecule has 2 aliphatic rings. The number of rotatable bonds is 3. The molecule has 0 unspecified atom stereocenters. The van der Waals surface area contributed by atoms with Crippen LogP contribution in [-0.2, 0) is 4.79 Å². The number of aliphatic imine (C=N–C) groups is 1. The number of amidine groups is 1. The summed E-state index contributed by atoms with van der Waals surface area (Å²) in [7, 11) is 1.76. The van der Waals surface area contributed by atoms with Crippen LogP contribution in [0, 0.1) is 0 Å². The molecule has 0 aromatic heterocycles. The van der Waals surface area contributed by atoms with Crippen LogP contribution in [0.3, 0.4) is 0 Å². The highest BCUT2D eigenvalue weighted by molar-refractivity contribution is 9.10. The van der Waals surface area contributed by atoms with Crippen LogP contribution in [0.15, 0.2) is 85.0 Å². The number of allylic oxidation sites excluding steroid dienone is 2. The summed E-state index contributed by atoms with van der Waals surface area (Å²) in [5.74, 6) is -0.0266. The summed E-state index contributed by atoms with van der Waals surface area (Å²) < 4.78 is 1.00. The normalized spacial score (nSPS) is 20.7. The number of amides is 1. The Morgan fingerprint density at radius 3 is 2.57 bits per heavy atom. The lowest BCUT2D eigenvalue weighted by Crippen LogP contribution is -2.23. The minimum absolute atomic E-state index is 0.0266. The van der Waals surface area contributed by atoms with Gasteiger partial charge in [-0.25, -0.2) is 4.99 Å². The second kappa shape index (κ2) is 8.19. The minimum atomic E-state index is -0.0266. The Labute approximate surface area is 181 Å². The molecule has 4 rings (SSSR count).